The third-order valence-corrected chi connectivity index (χ3v) is 4.63. The third-order valence-electron chi connectivity index (χ3n) is 4.63. The first-order chi connectivity index (χ1) is 10.8. The Morgan fingerprint density at radius 1 is 1.14 bits per heavy atom. The minimum absolute atomic E-state index is 0.0608. The maximum atomic E-state index is 13.0. The molecule has 2 aliphatic rings. The Hall–Kier alpha value is -1.84. The summed E-state index contributed by atoms with van der Waals surface area (Å²) in [6, 6.07) is 10.1. The minimum Gasteiger partial charge on any atom is -0.342 e. The van der Waals surface area contributed by atoms with Gasteiger partial charge in [-0.3, -0.25) is 14.7 Å². The molecule has 0 aromatic heterocycles. The van der Waals surface area contributed by atoms with Gasteiger partial charge >= 0.3 is 0 Å². The zero-order valence-corrected chi connectivity index (χ0v) is 13.4. The molecule has 1 saturated heterocycles. The predicted molar refractivity (Wildman–Crippen MR) is 88.9 cm³/mol. The van der Waals surface area contributed by atoms with Gasteiger partial charge in [-0.25, -0.2) is 0 Å². The van der Waals surface area contributed by atoms with Crippen LogP contribution in [0.2, 0.25) is 0 Å². The molecule has 3 rings (SSSR count). The topological polar surface area (TPSA) is 35.9 Å². The summed E-state index contributed by atoms with van der Waals surface area (Å²) in [6.45, 7) is 5.62. The van der Waals surface area contributed by atoms with Crippen molar-refractivity contribution in [2.45, 2.75) is 38.5 Å². The second kappa shape index (κ2) is 6.95. The van der Waals surface area contributed by atoms with E-state index in [1.165, 1.54) is 19.3 Å². The number of aliphatic imine (C=N–C) groups is 1. The molecule has 22 heavy (non-hydrogen) atoms. The van der Waals surface area contributed by atoms with Crippen LogP contribution >= 0.6 is 0 Å². The monoisotopic (exact) mass is 299 g/mol. The zero-order chi connectivity index (χ0) is 15.4. The first kappa shape index (κ1) is 15.1. The summed E-state index contributed by atoms with van der Waals surface area (Å²) in [7, 11) is 0. The molecule has 1 aromatic rings. The fraction of sp³-hybridized carbons (Fsp3) is 0.556. The molecule has 1 amide bonds. The lowest BCUT2D eigenvalue weighted by atomic mass is 9.95. The van der Waals surface area contributed by atoms with E-state index in [2.05, 4.69) is 28.9 Å². The van der Waals surface area contributed by atoms with Gasteiger partial charge in [-0.2, -0.15) is 0 Å². The van der Waals surface area contributed by atoms with Crippen molar-refractivity contribution < 1.29 is 4.79 Å². The summed E-state index contributed by atoms with van der Waals surface area (Å²) in [5.41, 5.74) is 1.11. The zero-order valence-electron chi connectivity index (χ0n) is 13.4. The summed E-state index contributed by atoms with van der Waals surface area (Å²) in [4.78, 5) is 21.9. The summed E-state index contributed by atoms with van der Waals surface area (Å²) >= 11 is 0. The number of benzene rings is 1. The molecule has 1 atom stereocenters. The van der Waals surface area contributed by atoms with Crippen LogP contribution in [-0.4, -0.2) is 47.8 Å². The van der Waals surface area contributed by atoms with E-state index in [4.69, 9.17) is 0 Å². The second-order valence-electron chi connectivity index (χ2n) is 6.09. The van der Waals surface area contributed by atoms with E-state index in [0.29, 0.717) is 0 Å². The van der Waals surface area contributed by atoms with Gasteiger partial charge in [-0.1, -0.05) is 37.3 Å². The highest BCUT2D eigenvalue weighted by Crippen LogP contribution is 2.24. The number of carbonyl (C=O) groups excluding carboxylic acids is 1. The fourth-order valence-electron chi connectivity index (χ4n) is 3.44. The number of piperidine rings is 1. The molecule has 0 N–H and O–H groups in total. The van der Waals surface area contributed by atoms with Crippen molar-refractivity contribution in [3.8, 4) is 0 Å². The van der Waals surface area contributed by atoms with Crippen molar-refractivity contribution in [1.82, 2.24) is 9.80 Å². The van der Waals surface area contributed by atoms with Crippen LogP contribution in [0.15, 0.2) is 35.3 Å². The molecule has 1 fully saturated rings. The van der Waals surface area contributed by atoms with E-state index >= 15 is 0 Å². The number of carbonyl (C=O) groups is 1. The number of hydrogen-bond donors (Lipinski definition) is 0. The van der Waals surface area contributed by atoms with Crippen LogP contribution in [0, 0.1) is 0 Å². The number of guanidine groups is 1. The highest BCUT2D eigenvalue weighted by Gasteiger charge is 2.32. The number of amides is 1. The van der Waals surface area contributed by atoms with Crippen molar-refractivity contribution in [2.75, 3.05) is 26.2 Å². The lowest BCUT2D eigenvalue weighted by molar-refractivity contribution is -0.129. The van der Waals surface area contributed by atoms with E-state index < -0.39 is 0 Å². The number of likely N-dealkylation sites (tertiary alicyclic amines) is 1. The van der Waals surface area contributed by atoms with Gasteiger partial charge in [0, 0.05) is 19.6 Å². The second-order valence-corrected chi connectivity index (χ2v) is 6.09. The van der Waals surface area contributed by atoms with Gasteiger partial charge in [0.15, 0.2) is 0 Å². The summed E-state index contributed by atoms with van der Waals surface area (Å²) in [5.74, 6) is 1.06. The van der Waals surface area contributed by atoms with Crippen LogP contribution in [0.1, 0.15) is 44.1 Å². The molecule has 2 aliphatic heterocycles. The molecule has 2 heterocycles. The molecule has 0 radical (unpaired) electrons. The lowest BCUT2D eigenvalue weighted by Crippen LogP contribution is -2.48. The largest absolute Gasteiger partial charge is 0.342 e. The van der Waals surface area contributed by atoms with Gasteiger partial charge in [0.05, 0.1) is 12.5 Å². The molecule has 4 heteroatoms. The molecule has 0 unspecified atom stereocenters. The first-order valence-corrected chi connectivity index (χ1v) is 8.47. The van der Waals surface area contributed by atoms with Gasteiger partial charge in [0.1, 0.15) is 0 Å². The van der Waals surface area contributed by atoms with Crippen LogP contribution in [0.3, 0.4) is 0 Å². The highest BCUT2D eigenvalue weighted by molar-refractivity contribution is 6.01. The smallest absolute Gasteiger partial charge is 0.236 e. The molecule has 1 aromatic carbocycles. The van der Waals surface area contributed by atoms with E-state index in [-0.39, 0.29) is 11.8 Å². The van der Waals surface area contributed by atoms with E-state index in [1.54, 1.807) is 0 Å². The van der Waals surface area contributed by atoms with Gasteiger partial charge in [0.25, 0.3) is 0 Å². The standard InChI is InChI=1S/C18H25N3O/c1-2-16(15-9-5-3-6-10-15)17(22)21-14-11-19-18(21)20-12-7-4-8-13-20/h3,5-6,9-10,16H,2,4,7-8,11-14H2,1H3/t16-/m1/s1. The molecule has 0 saturated carbocycles. The molecular formula is C18H25N3O. The SMILES string of the molecule is CC[C@@H](C(=O)N1CCN=C1N1CCCCC1)c1ccccc1. The minimum atomic E-state index is -0.0608. The molecule has 0 aliphatic carbocycles. The predicted octanol–water partition coefficient (Wildman–Crippen LogP) is 2.86. The molecule has 118 valence electrons. The fourth-order valence-corrected chi connectivity index (χ4v) is 3.44. The van der Waals surface area contributed by atoms with Crippen molar-refractivity contribution in [3.63, 3.8) is 0 Å². The van der Waals surface area contributed by atoms with E-state index in [0.717, 1.165) is 44.1 Å². The molecule has 0 spiro atoms. The Balaban J connectivity index is 1.77. The van der Waals surface area contributed by atoms with Crippen LogP contribution in [0.4, 0.5) is 0 Å². The Morgan fingerprint density at radius 3 is 2.55 bits per heavy atom. The average Bonchev–Trinajstić information content (AvgIpc) is 3.07. The van der Waals surface area contributed by atoms with Gasteiger partial charge in [-0.05, 0) is 31.2 Å². The Kier molecular flexibility index (Phi) is 4.76. The summed E-state index contributed by atoms with van der Waals surface area (Å²) < 4.78 is 0. The van der Waals surface area contributed by atoms with E-state index in [9.17, 15) is 4.79 Å². The van der Waals surface area contributed by atoms with Crippen LogP contribution < -0.4 is 0 Å². The third kappa shape index (κ3) is 3.01. The quantitative estimate of drug-likeness (QED) is 0.860. The maximum absolute atomic E-state index is 13.0. The molecule has 4 nitrogen and oxygen atoms in total. The van der Waals surface area contributed by atoms with E-state index in [1.807, 2.05) is 23.1 Å². The summed E-state index contributed by atoms with van der Waals surface area (Å²) in [6.07, 6.45) is 4.53. The van der Waals surface area contributed by atoms with Crippen molar-refractivity contribution in [1.29, 1.82) is 0 Å². The van der Waals surface area contributed by atoms with Crippen LogP contribution in [-0.2, 0) is 4.79 Å². The maximum Gasteiger partial charge on any atom is 0.236 e. The highest BCUT2D eigenvalue weighted by atomic mass is 16.2. The van der Waals surface area contributed by atoms with Crippen molar-refractivity contribution in [2.24, 2.45) is 4.99 Å². The Morgan fingerprint density at radius 2 is 1.86 bits per heavy atom. The Labute approximate surface area is 132 Å². The Bertz CT molecular complexity index is 535. The van der Waals surface area contributed by atoms with Crippen LogP contribution in [0.25, 0.3) is 0 Å². The van der Waals surface area contributed by atoms with Gasteiger partial charge < -0.3 is 4.90 Å². The van der Waals surface area contributed by atoms with Gasteiger partial charge in [0.2, 0.25) is 11.9 Å². The first-order valence-electron chi connectivity index (χ1n) is 8.47. The van der Waals surface area contributed by atoms with Crippen LogP contribution in [0.5, 0.6) is 0 Å². The summed E-state index contributed by atoms with van der Waals surface area (Å²) in [5, 5.41) is 0. The normalized spacial score (nSPS) is 20.0. The number of rotatable bonds is 3. The molecule has 0 bridgehead atoms. The number of hydrogen-bond acceptors (Lipinski definition) is 3. The van der Waals surface area contributed by atoms with Gasteiger partial charge in [-0.15, -0.1) is 0 Å². The van der Waals surface area contributed by atoms with Crippen molar-refractivity contribution >= 4 is 11.9 Å². The average molecular weight is 299 g/mol. The number of nitrogens with zero attached hydrogens (tertiary/aromatic N) is 3. The molecular weight excluding hydrogens is 274 g/mol. The van der Waals surface area contributed by atoms with Crippen molar-refractivity contribution in [3.05, 3.63) is 35.9 Å². The lowest BCUT2D eigenvalue weighted by Gasteiger charge is -2.34.